The Morgan fingerprint density at radius 1 is 1.16 bits per heavy atom. The van der Waals surface area contributed by atoms with Gasteiger partial charge in [-0.15, -0.1) is 0 Å². The molecule has 0 radical (unpaired) electrons. The number of hydrogen-bond donors (Lipinski definition) is 2. The fraction of sp³-hybridized carbons (Fsp3) is 0.360. The predicted molar refractivity (Wildman–Crippen MR) is 119 cm³/mol. The highest BCUT2D eigenvalue weighted by Gasteiger charge is 2.47. The molecule has 6 heteroatoms. The van der Waals surface area contributed by atoms with Crippen LogP contribution in [0.3, 0.4) is 0 Å². The van der Waals surface area contributed by atoms with Gasteiger partial charge in [-0.1, -0.05) is 43.0 Å². The van der Waals surface area contributed by atoms with E-state index >= 15 is 0 Å². The lowest BCUT2D eigenvalue weighted by atomic mass is 9.79. The summed E-state index contributed by atoms with van der Waals surface area (Å²) in [5.74, 6) is 0.138. The summed E-state index contributed by atoms with van der Waals surface area (Å²) in [4.78, 5) is 27.3. The van der Waals surface area contributed by atoms with Crippen LogP contribution >= 0.6 is 0 Å². The van der Waals surface area contributed by atoms with E-state index in [0.717, 1.165) is 30.5 Å². The number of nitrogens with one attached hydrogen (secondary N) is 2. The molecule has 2 heterocycles. The molecule has 5 rings (SSSR count). The summed E-state index contributed by atoms with van der Waals surface area (Å²) in [7, 11) is 0. The first-order valence-corrected chi connectivity index (χ1v) is 11.0. The molecule has 31 heavy (non-hydrogen) atoms. The molecule has 2 amide bonds. The average Bonchev–Trinajstić information content (AvgIpc) is 3.50. The van der Waals surface area contributed by atoms with Gasteiger partial charge < -0.3 is 20.3 Å². The molecule has 2 aliphatic heterocycles. The topological polar surface area (TPSA) is 70.7 Å². The lowest BCUT2D eigenvalue weighted by Gasteiger charge is -2.39. The molecule has 6 nitrogen and oxygen atoms in total. The summed E-state index contributed by atoms with van der Waals surface area (Å²) in [5, 5.41) is 6.74. The van der Waals surface area contributed by atoms with Gasteiger partial charge in [-0.25, -0.2) is 4.79 Å². The molecule has 3 aliphatic rings. The highest BCUT2D eigenvalue weighted by Crippen LogP contribution is 2.51. The third kappa shape index (κ3) is 3.78. The van der Waals surface area contributed by atoms with Gasteiger partial charge in [0.2, 0.25) is 0 Å². The van der Waals surface area contributed by atoms with E-state index in [1.165, 1.54) is 5.56 Å². The first-order valence-electron chi connectivity index (χ1n) is 11.0. The number of anilines is 1. The Morgan fingerprint density at radius 3 is 2.71 bits per heavy atom. The summed E-state index contributed by atoms with van der Waals surface area (Å²) < 4.78 is 5.39. The van der Waals surface area contributed by atoms with Crippen molar-refractivity contribution in [3.8, 4) is 0 Å². The summed E-state index contributed by atoms with van der Waals surface area (Å²) in [6.45, 7) is 4.44. The van der Waals surface area contributed by atoms with Gasteiger partial charge in [-0.3, -0.25) is 4.79 Å². The van der Waals surface area contributed by atoms with E-state index in [2.05, 4.69) is 29.3 Å². The van der Waals surface area contributed by atoms with Gasteiger partial charge in [-0.05, 0) is 48.6 Å². The quantitative estimate of drug-likeness (QED) is 0.706. The second kappa shape index (κ2) is 8.10. The van der Waals surface area contributed by atoms with Crippen molar-refractivity contribution in [1.29, 1.82) is 0 Å². The largest absolute Gasteiger partial charge is 0.445 e. The van der Waals surface area contributed by atoms with Crippen LogP contribution in [0.25, 0.3) is 0 Å². The SMILES string of the molecule is C=CCOC(=O)N1CC[C@H]2C(c3ccccc3)Nc3ccc(C(=O)NC4CC4)cc3[C@H]21. The molecule has 1 saturated carbocycles. The molecule has 2 fully saturated rings. The zero-order chi connectivity index (χ0) is 21.4. The van der Waals surface area contributed by atoms with Crippen molar-refractivity contribution in [3.05, 3.63) is 77.9 Å². The third-order valence-corrected chi connectivity index (χ3v) is 6.45. The standard InChI is InChI=1S/C25H27N3O3/c1-2-14-31-25(30)28-13-12-19-22(16-6-4-3-5-7-16)27-21-11-8-17(15-20(21)23(19)28)24(29)26-18-9-10-18/h2-8,11,15,18-19,22-23,27H,1,9-10,12-14H2,(H,26,29)/t19-,22?,23-/m0/s1. The summed E-state index contributed by atoms with van der Waals surface area (Å²) in [6, 6.07) is 16.3. The van der Waals surface area contributed by atoms with Gasteiger partial charge >= 0.3 is 6.09 Å². The fourth-order valence-corrected chi connectivity index (χ4v) is 4.82. The number of carbonyl (C=O) groups excluding carboxylic acids is 2. The smallest absolute Gasteiger partial charge is 0.410 e. The molecule has 2 aromatic rings. The van der Waals surface area contributed by atoms with E-state index < -0.39 is 0 Å². The van der Waals surface area contributed by atoms with Gasteiger partial charge in [0, 0.05) is 29.8 Å². The molecular formula is C25H27N3O3. The second-order valence-corrected chi connectivity index (χ2v) is 8.54. The average molecular weight is 418 g/mol. The zero-order valence-corrected chi connectivity index (χ0v) is 17.4. The Kier molecular flexibility index (Phi) is 5.14. The van der Waals surface area contributed by atoms with E-state index in [1.54, 1.807) is 6.08 Å². The molecule has 0 aromatic heterocycles. The maximum atomic E-state index is 12.8. The minimum absolute atomic E-state index is 0.0502. The van der Waals surface area contributed by atoms with Crippen molar-refractivity contribution in [2.45, 2.75) is 37.4 Å². The maximum Gasteiger partial charge on any atom is 0.410 e. The second-order valence-electron chi connectivity index (χ2n) is 8.54. The molecule has 1 saturated heterocycles. The molecule has 1 unspecified atom stereocenters. The number of carbonyl (C=O) groups is 2. The van der Waals surface area contributed by atoms with Crippen molar-refractivity contribution >= 4 is 17.7 Å². The molecular weight excluding hydrogens is 390 g/mol. The number of ether oxygens (including phenoxy) is 1. The number of hydrogen-bond acceptors (Lipinski definition) is 4. The van der Waals surface area contributed by atoms with E-state index in [9.17, 15) is 9.59 Å². The Bertz CT molecular complexity index is 1000. The number of rotatable bonds is 5. The number of nitrogens with zero attached hydrogens (tertiary/aromatic N) is 1. The Morgan fingerprint density at radius 2 is 1.97 bits per heavy atom. The van der Waals surface area contributed by atoms with Crippen LogP contribution in [0, 0.1) is 5.92 Å². The van der Waals surface area contributed by atoms with Crippen molar-refractivity contribution in [2.75, 3.05) is 18.5 Å². The van der Waals surface area contributed by atoms with Crippen molar-refractivity contribution in [1.82, 2.24) is 10.2 Å². The van der Waals surface area contributed by atoms with Crippen molar-refractivity contribution in [2.24, 2.45) is 5.92 Å². The van der Waals surface area contributed by atoms with Crippen molar-refractivity contribution in [3.63, 3.8) is 0 Å². The molecule has 2 aromatic carbocycles. The monoisotopic (exact) mass is 417 g/mol. The maximum absolute atomic E-state index is 12.8. The predicted octanol–water partition coefficient (Wildman–Crippen LogP) is 4.43. The zero-order valence-electron chi connectivity index (χ0n) is 17.4. The van der Waals surface area contributed by atoms with Crippen LogP contribution in [0.4, 0.5) is 10.5 Å². The van der Waals surface area contributed by atoms with E-state index in [4.69, 9.17) is 4.74 Å². The Labute approximate surface area is 182 Å². The normalized spacial score (nSPS) is 23.9. The first kappa shape index (κ1) is 19.7. The number of benzene rings is 2. The minimum atomic E-state index is -0.333. The van der Waals surface area contributed by atoms with Gasteiger partial charge in [-0.2, -0.15) is 0 Å². The molecule has 1 aliphatic carbocycles. The van der Waals surface area contributed by atoms with Gasteiger partial charge in [0.15, 0.2) is 0 Å². The lowest BCUT2D eigenvalue weighted by molar-refractivity contribution is 0.0950. The molecule has 2 N–H and O–H groups in total. The van der Waals surface area contributed by atoms with Crippen LogP contribution in [0.15, 0.2) is 61.2 Å². The van der Waals surface area contributed by atoms with Gasteiger partial charge in [0.25, 0.3) is 5.91 Å². The summed E-state index contributed by atoms with van der Waals surface area (Å²) in [6.07, 6.45) is 4.20. The van der Waals surface area contributed by atoms with E-state index in [-0.39, 0.29) is 36.6 Å². The first-order chi connectivity index (χ1) is 15.2. The molecule has 0 spiro atoms. The van der Waals surface area contributed by atoms with Crippen LogP contribution in [-0.4, -0.2) is 36.1 Å². The van der Waals surface area contributed by atoms with Crippen LogP contribution < -0.4 is 10.6 Å². The van der Waals surface area contributed by atoms with E-state index in [1.807, 2.05) is 41.3 Å². The Hall–Kier alpha value is -3.28. The van der Waals surface area contributed by atoms with Gasteiger partial charge in [0.05, 0.1) is 12.1 Å². The fourth-order valence-electron chi connectivity index (χ4n) is 4.82. The van der Waals surface area contributed by atoms with Crippen molar-refractivity contribution < 1.29 is 14.3 Å². The number of amides is 2. The number of likely N-dealkylation sites (tertiary alicyclic amines) is 1. The Balaban J connectivity index is 1.52. The van der Waals surface area contributed by atoms with Crippen LogP contribution in [0.2, 0.25) is 0 Å². The molecule has 3 atom stereocenters. The molecule has 160 valence electrons. The highest BCUT2D eigenvalue weighted by molar-refractivity contribution is 5.95. The highest BCUT2D eigenvalue weighted by atomic mass is 16.6. The minimum Gasteiger partial charge on any atom is -0.445 e. The van der Waals surface area contributed by atoms with Crippen LogP contribution in [0.5, 0.6) is 0 Å². The van der Waals surface area contributed by atoms with Gasteiger partial charge in [0.1, 0.15) is 6.61 Å². The molecule has 0 bridgehead atoms. The summed E-state index contributed by atoms with van der Waals surface area (Å²) >= 11 is 0. The summed E-state index contributed by atoms with van der Waals surface area (Å²) in [5.41, 5.74) is 3.77. The number of fused-ring (bicyclic) bond motifs is 3. The van der Waals surface area contributed by atoms with Crippen LogP contribution in [0.1, 0.15) is 52.8 Å². The van der Waals surface area contributed by atoms with Crippen LogP contribution in [-0.2, 0) is 4.74 Å². The third-order valence-electron chi connectivity index (χ3n) is 6.45. The van der Waals surface area contributed by atoms with E-state index in [0.29, 0.717) is 18.2 Å². The lowest BCUT2D eigenvalue weighted by Crippen LogP contribution is -2.38.